The number of carbonyl (C=O) groups excluding carboxylic acids is 2. The van der Waals surface area contributed by atoms with Crippen LogP contribution in [-0.2, 0) is 21.6 Å². The Balaban J connectivity index is 1.67. The summed E-state index contributed by atoms with van der Waals surface area (Å²) in [7, 11) is 3.04. The van der Waals surface area contributed by atoms with Crippen molar-refractivity contribution in [2.24, 2.45) is 0 Å². The van der Waals surface area contributed by atoms with E-state index in [1.807, 2.05) is 0 Å². The van der Waals surface area contributed by atoms with Gasteiger partial charge in [-0.3, -0.25) is 29.9 Å². The number of nitro groups is 2. The molecule has 0 aromatic heterocycles. The van der Waals surface area contributed by atoms with Crippen LogP contribution in [0.4, 0.5) is 16.2 Å². The SMILES string of the molecule is COc1cc(OC)cc(C(C)(C)OC(=O)N2CCC[C@H]2C(=O)NCCc2cc([N+](=O)[O-])cc([N+](=O)[O-])c2Br)c1. The topological polar surface area (TPSA) is 163 Å². The van der Waals surface area contributed by atoms with E-state index in [0.717, 1.165) is 6.07 Å². The molecule has 0 bridgehead atoms. The van der Waals surface area contributed by atoms with Crippen molar-refractivity contribution in [2.45, 2.75) is 44.8 Å². The number of likely N-dealkylation sites (tertiary alicyclic amines) is 1. The average molecular weight is 609 g/mol. The third-order valence-corrected chi connectivity index (χ3v) is 7.31. The van der Waals surface area contributed by atoms with E-state index in [-0.39, 0.29) is 17.4 Å². The lowest BCUT2D eigenvalue weighted by molar-refractivity contribution is -0.394. The maximum Gasteiger partial charge on any atom is 0.411 e. The smallest absolute Gasteiger partial charge is 0.411 e. The number of nitrogens with one attached hydrogen (secondary N) is 1. The van der Waals surface area contributed by atoms with Gasteiger partial charge in [0.25, 0.3) is 11.4 Å². The highest BCUT2D eigenvalue weighted by molar-refractivity contribution is 9.10. The number of hydrogen-bond donors (Lipinski definition) is 1. The number of methoxy groups -OCH3 is 2. The highest BCUT2D eigenvalue weighted by atomic mass is 79.9. The summed E-state index contributed by atoms with van der Waals surface area (Å²) < 4.78 is 16.5. The fourth-order valence-electron chi connectivity index (χ4n) is 4.26. The first kappa shape index (κ1) is 29.6. The third-order valence-electron chi connectivity index (χ3n) is 6.39. The van der Waals surface area contributed by atoms with Gasteiger partial charge in [0.2, 0.25) is 5.91 Å². The lowest BCUT2D eigenvalue weighted by Gasteiger charge is -2.31. The van der Waals surface area contributed by atoms with Gasteiger partial charge in [0.05, 0.1) is 34.6 Å². The number of rotatable bonds is 10. The van der Waals surface area contributed by atoms with Crippen molar-refractivity contribution < 1.29 is 33.6 Å². The summed E-state index contributed by atoms with van der Waals surface area (Å²) in [5.74, 6) is 0.654. The van der Waals surface area contributed by atoms with Crippen molar-refractivity contribution in [3.05, 3.63) is 66.2 Å². The third kappa shape index (κ3) is 6.93. The predicted octanol–water partition coefficient (Wildman–Crippen LogP) is 4.48. The Labute approximate surface area is 232 Å². The molecule has 2 aromatic carbocycles. The minimum atomic E-state index is -1.06. The van der Waals surface area contributed by atoms with E-state index in [4.69, 9.17) is 14.2 Å². The standard InChI is InChI=1S/C25H29BrN4O9/c1-25(2,16-11-18(37-3)14-19(12-16)38-4)39-24(32)28-9-5-6-20(28)23(31)27-8-7-15-10-17(29(33)34)13-21(22(15)26)30(35)36/h10-14,20H,5-9H2,1-4H3,(H,27,31)/t20-/m0/s1. The average Bonchev–Trinajstić information content (AvgIpc) is 3.39. The van der Waals surface area contributed by atoms with Crippen LogP contribution in [0.3, 0.4) is 0 Å². The van der Waals surface area contributed by atoms with Crippen molar-refractivity contribution in [3.63, 3.8) is 0 Å². The molecule has 0 saturated carbocycles. The molecule has 1 N–H and O–H groups in total. The molecule has 0 spiro atoms. The zero-order valence-electron chi connectivity index (χ0n) is 21.9. The Bertz CT molecular complexity index is 1260. The summed E-state index contributed by atoms with van der Waals surface area (Å²) in [6, 6.07) is 6.50. The van der Waals surface area contributed by atoms with Gasteiger partial charge < -0.3 is 19.5 Å². The largest absolute Gasteiger partial charge is 0.497 e. The number of non-ortho nitro benzene ring substituents is 1. The van der Waals surface area contributed by atoms with E-state index in [1.54, 1.807) is 32.0 Å². The van der Waals surface area contributed by atoms with Crippen LogP contribution >= 0.6 is 15.9 Å². The molecule has 1 aliphatic heterocycles. The molecular formula is C25H29BrN4O9. The second-order valence-corrected chi connectivity index (χ2v) is 10.1. The van der Waals surface area contributed by atoms with Crippen molar-refractivity contribution in [1.82, 2.24) is 10.2 Å². The maximum atomic E-state index is 13.1. The number of halogens is 1. The molecule has 3 rings (SSSR count). The van der Waals surface area contributed by atoms with Crippen molar-refractivity contribution in [1.29, 1.82) is 0 Å². The molecular weight excluding hydrogens is 580 g/mol. The van der Waals surface area contributed by atoms with Crippen LogP contribution in [0.5, 0.6) is 11.5 Å². The van der Waals surface area contributed by atoms with E-state index >= 15 is 0 Å². The van der Waals surface area contributed by atoms with Gasteiger partial charge in [-0.15, -0.1) is 0 Å². The molecule has 13 nitrogen and oxygen atoms in total. The Morgan fingerprint density at radius 3 is 2.28 bits per heavy atom. The highest BCUT2D eigenvalue weighted by Crippen LogP contribution is 2.34. The summed E-state index contributed by atoms with van der Waals surface area (Å²) >= 11 is 3.13. The molecule has 0 unspecified atom stereocenters. The molecule has 210 valence electrons. The fourth-order valence-corrected chi connectivity index (χ4v) is 4.83. The van der Waals surface area contributed by atoms with E-state index in [9.17, 15) is 29.8 Å². The molecule has 1 heterocycles. The minimum Gasteiger partial charge on any atom is -0.497 e. The lowest BCUT2D eigenvalue weighted by Crippen LogP contribution is -2.47. The van der Waals surface area contributed by atoms with Crippen LogP contribution in [0.25, 0.3) is 0 Å². The van der Waals surface area contributed by atoms with Gasteiger partial charge in [-0.25, -0.2) is 4.79 Å². The number of hydrogen-bond acceptors (Lipinski definition) is 9. The Hall–Kier alpha value is -3.94. The maximum absolute atomic E-state index is 13.1. The molecule has 1 fully saturated rings. The molecule has 0 aliphatic carbocycles. The molecule has 1 atom stereocenters. The van der Waals surface area contributed by atoms with Crippen LogP contribution in [0.1, 0.15) is 37.8 Å². The summed E-state index contributed by atoms with van der Waals surface area (Å²) in [6.07, 6.45) is 0.469. The van der Waals surface area contributed by atoms with E-state index in [2.05, 4.69) is 21.2 Å². The highest BCUT2D eigenvalue weighted by Gasteiger charge is 2.38. The van der Waals surface area contributed by atoms with Gasteiger partial charge in [0, 0.05) is 30.8 Å². The molecule has 1 saturated heterocycles. The zero-order chi connectivity index (χ0) is 28.9. The van der Waals surface area contributed by atoms with Crippen LogP contribution in [-0.4, -0.2) is 60.1 Å². The van der Waals surface area contributed by atoms with Crippen molar-refractivity contribution >= 4 is 39.3 Å². The number of carbonyl (C=O) groups is 2. The second-order valence-electron chi connectivity index (χ2n) is 9.32. The first-order chi connectivity index (χ1) is 18.4. The quantitative estimate of drug-likeness (QED) is 0.302. The van der Waals surface area contributed by atoms with Crippen molar-refractivity contribution in [3.8, 4) is 11.5 Å². The van der Waals surface area contributed by atoms with Crippen LogP contribution < -0.4 is 14.8 Å². The van der Waals surface area contributed by atoms with Gasteiger partial charge in [0.15, 0.2) is 0 Å². The first-order valence-corrected chi connectivity index (χ1v) is 12.8. The number of benzene rings is 2. The van der Waals surface area contributed by atoms with E-state index in [1.165, 1.54) is 25.2 Å². The Kier molecular flexibility index (Phi) is 9.32. The zero-order valence-corrected chi connectivity index (χ0v) is 23.5. The fraction of sp³-hybridized carbons (Fsp3) is 0.440. The Morgan fingerprint density at radius 1 is 1.08 bits per heavy atom. The van der Waals surface area contributed by atoms with Gasteiger partial charge in [0.1, 0.15) is 23.1 Å². The second kappa shape index (κ2) is 12.3. The molecule has 1 aliphatic rings. The summed E-state index contributed by atoms with van der Waals surface area (Å²) in [5.41, 5.74) is -0.983. The van der Waals surface area contributed by atoms with Crippen LogP contribution in [0.15, 0.2) is 34.8 Å². The van der Waals surface area contributed by atoms with Gasteiger partial charge in [-0.05, 0) is 66.7 Å². The number of nitrogens with zero attached hydrogens (tertiary/aromatic N) is 3. The predicted molar refractivity (Wildman–Crippen MR) is 143 cm³/mol. The van der Waals surface area contributed by atoms with Gasteiger partial charge in [-0.1, -0.05) is 0 Å². The number of nitro benzene ring substituents is 2. The Morgan fingerprint density at radius 2 is 1.72 bits per heavy atom. The van der Waals surface area contributed by atoms with Crippen LogP contribution in [0, 0.1) is 20.2 Å². The van der Waals surface area contributed by atoms with Crippen LogP contribution in [0.2, 0.25) is 0 Å². The lowest BCUT2D eigenvalue weighted by atomic mass is 9.97. The molecule has 2 amide bonds. The molecule has 14 heteroatoms. The van der Waals surface area contributed by atoms with E-state index in [0.29, 0.717) is 42.0 Å². The van der Waals surface area contributed by atoms with Gasteiger partial charge in [-0.2, -0.15) is 0 Å². The van der Waals surface area contributed by atoms with Gasteiger partial charge >= 0.3 is 6.09 Å². The number of amides is 2. The first-order valence-electron chi connectivity index (χ1n) is 12.0. The van der Waals surface area contributed by atoms with Crippen molar-refractivity contribution in [2.75, 3.05) is 27.3 Å². The normalized spacial score (nSPS) is 15.0. The summed E-state index contributed by atoms with van der Waals surface area (Å²) in [5, 5.41) is 25.2. The molecule has 0 radical (unpaired) electrons. The molecule has 2 aromatic rings. The summed E-state index contributed by atoms with van der Waals surface area (Å²) in [4.78, 5) is 48.5. The van der Waals surface area contributed by atoms with E-state index < -0.39 is 44.9 Å². The monoisotopic (exact) mass is 608 g/mol. The number of ether oxygens (including phenoxy) is 3. The molecule has 39 heavy (non-hydrogen) atoms. The summed E-state index contributed by atoms with van der Waals surface area (Å²) in [6.45, 7) is 3.82. The minimum absolute atomic E-state index is 0.0459.